The van der Waals surface area contributed by atoms with Crippen LogP contribution in [0.2, 0.25) is 5.15 Å². The smallest absolute Gasteiger partial charge is 0.314 e. The average Bonchev–Trinajstić information content (AvgIpc) is 2.29. The Hall–Kier alpha value is -0.850. The molecule has 0 radical (unpaired) electrons. The van der Waals surface area contributed by atoms with Gasteiger partial charge in [0.2, 0.25) is 0 Å². The summed E-state index contributed by atoms with van der Waals surface area (Å²) in [6.07, 6.45) is -3.63. The molecule has 1 aliphatic heterocycles. The van der Waals surface area contributed by atoms with E-state index >= 15 is 0 Å². The van der Waals surface area contributed by atoms with Crippen LogP contribution in [0.15, 0.2) is 12.3 Å². The standard InChI is InChI=1S/C11H13ClF3N3/c1-18-3-2-16-6-9(18)8-4-7(11(13,14)15)5-17-10(8)12/h4-5,9,16H,2-3,6H2,1H3. The normalized spacial score (nSPS) is 22.2. The average molecular weight is 280 g/mol. The monoisotopic (exact) mass is 279 g/mol. The topological polar surface area (TPSA) is 28.2 Å². The quantitative estimate of drug-likeness (QED) is 0.800. The van der Waals surface area contributed by atoms with Crippen molar-refractivity contribution in [1.29, 1.82) is 0 Å². The van der Waals surface area contributed by atoms with Crippen LogP contribution in [0.4, 0.5) is 13.2 Å². The van der Waals surface area contributed by atoms with Crippen molar-refractivity contribution in [3.05, 3.63) is 28.5 Å². The Labute approximate surface area is 108 Å². The highest BCUT2D eigenvalue weighted by atomic mass is 35.5. The molecule has 0 saturated carbocycles. The number of hydrogen-bond acceptors (Lipinski definition) is 3. The molecule has 1 N–H and O–H groups in total. The summed E-state index contributed by atoms with van der Waals surface area (Å²) in [5.41, 5.74) is -0.345. The van der Waals surface area contributed by atoms with Gasteiger partial charge in [-0.15, -0.1) is 0 Å². The van der Waals surface area contributed by atoms with Crippen LogP contribution in [0, 0.1) is 0 Å². The van der Waals surface area contributed by atoms with Gasteiger partial charge in [0.15, 0.2) is 0 Å². The lowest BCUT2D eigenvalue weighted by atomic mass is 10.0. The Bertz CT molecular complexity index is 436. The number of nitrogens with zero attached hydrogens (tertiary/aromatic N) is 2. The van der Waals surface area contributed by atoms with Gasteiger partial charge in [0, 0.05) is 31.4 Å². The number of halogens is 4. The summed E-state index contributed by atoms with van der Waals surface area (Å²) in [4.78, 5) is 5.62. The van der Waals surface area contributed by atoms with Crippen LogP contribution in [-0.2, 0) is 6.18 Å². The van der Waals surface area contributed by atoms with E-state index in [2.05, 4.69) is 10.3 Å². The molecule has 1 saturated heterocycles. The molecule has 2 heterocycles. The van der Waals surface area contributed by atoms with Crippen molar-refractivity contribution in [1.82, 2.24) is 15.2 Å². The molecule has 1 atom stereocenters. The van der Waals surface area contributed by atoms with E-state index in [1.54, 1.807) is 0 Å². The first-order valence-corrected chi connectivity index (χ1v) is 5.91. The summed E-state index contributed by atoms with van der Waals surface area (Å²) in [6.45, 7) is 2.15. The fourth-order valence-electron chi connectivity index (χ4n) is 2.01. The van der Waals surface area contributed by atoms with E-state index in [0.29, 0.717) is 12.1 Å². The van der Waals surface area contributed by atoms with E-state index in [-0.39, 0.29) is 11.2 Å². The summed E-state index contributed by atoms with van der Waals surface area (Å²) < 4.78 is 38.0. The summed E-state index contributed by atoms with van der Waals surface area (Å²) in [5.74, 6) is 0. The number of piperazine rings is 1. The van der Waals surface area contributed by atoms with Crippen molar-refractivity contribution in [2.45, 2.75) is 12.2 Å². The molecular weight excluding hydrogens is 267 g/mol. The first-order valence-electron chi connectivity index (χ1n) is 5.53. The highest BCUT2D eigenvalue weighted by molar-refractivity contribution is 6.30. The van der Waals surface area contributed by atoms with Crippen LogP contribution in [0.3, 0.4) is 0 Å². The zero-order valence-electron chi connectivity index (χ0n) is 9.76. The van der Waals surface area contributed by atoms with Gasteiger partial charge in [-0.25, -0.2) is 4.98 Å². The van der Waals surface area contributed by atoms with Gasteiger partial charge in [0.1, 0.15) is 5.15 Å². The van der Waals surface area contributed by atoms with Gasteiger partial charge >= 0.3 is 6.18 Å². The summed E-state index contributed by atoms with van der Waals surface area (Å²) >= 11 is 5.91. The minimum Gasteiger partial charge on any atom is -0.314 e. The molecule has 7 heteroatoms. The van der Waals surface area contributed by atoms with Gasteiger partial charge in [-0.2, -0.15) is 13.2 Å². The molecule has 1 unspecified atom stereocenters. The maximum Gasteiger partial charge on any atom is 0.417 e. The third kappa shape index (κ3) is 2.76. The molecule has 1 aromatic heterocycles. The third-order valence-corrected chi connectivity index (χ3v) is 3.38. The maximum absolute atomic E-state index is 12.7. The van der Waals surface area contributed by atoms with Crippen molar-refractivity contribution in [2.24, 2.45) is 0 Å². The van der Waals surface area contributed by atoms with Gasteiger partial charge in [-0.1, -0.05) is 11.6 Å². The van der Waals surface area contributed by atoms with E-state index in [0.717, 1.165) is 25.4 Å². The fourth-order valence-corrected chi connectivity index (χ4v) is 2.24. The highest BCUT2D eigenvalue weighted by Gasteiger charge is 2.33. The zero-order valence-corrected chi connectivity index (χ0v) is 10.5. The lowest BCUT2D eigenvalue weighted by Crippen LogP contribution is -2.44. The molecular formula is C11H13ClF3N3. The predicted octanol–water partition coefficient (Wildman–Crippen LogP) is 2.33. The molecule has 100 valence electrons. The van der Waals surface area contributed by atoms with Gasteiger partial charge in [-0.05, 0) is 13.1 Å². The Morgan fingerprint density at radius 2 is 2.22 bits per heavy atom. The summed E-state index contributed by atoms with van der Waals surface area (Å²) in [7, 11) is 1.86. The second-order valence-electron chi connectivity index (χ2n) is 4.30. The molecule has 0 amide bonds. The minimum atomic E-state index is -4.40. The van der Waals surface area contributed by atoms with Gasteiger partial charge in [0.05, 0.1) is 11.6 Å². The zero-order chi connectivity index (χ0) is 13.3. The van der Waals surface area contributed by atoms with E-state index in [4.69, 9.17) is 11.6 Å². The van der Waals surface area contributed by atoms with Crippen LogP contribution >= 0.6 is 11.6 Å². The molecule has 1 aliphatic rings. The van der Waals surface area contributed by atoms with Crippen LogP contribution in [0.25, 0.3) is 0 Å². The molecule has 3 nitrogen and oxygen atoms in total. The molecule has 0 bridgehead atoms. The van der Waals surface area contributed by atoms with Crippen LogP contribution < -0.4 is 5.32 Å². The summed E-state index contributed by atoms with van der Waals surface area (Å²) in [6, 6.07) is 0.907. The molecule has 1 fully saturated rings. The maximum atomic E-state index is 12.7. The number of nitrogens with one attached hydrogen (secondary N) is 1. The lowest BCUT2D eigenvalue weighted by Gasteiger charge is -2.33. The number of aromatic nitrogens is 1. The van der Waals surface area contributed by atoms with Crippen LogP contribution in [-0.4, -0.2) is 36.6 Å². The third-order valence-electron chi connectivity index (χ3n) is 3.06. The van der Waals surface area contributed by atoms with Crippen molar-refractivity contribution in [2.75, 3.05) is 26.7 Å². The lowest BCUT2D eigenvalue weighted by molar-refractivity contribution is -0.137. The molecule has 0 aromatic carbocycles. The number of alkyl halides is 3. The molecule has 0 aliphatic carbocycles. The Balaban J connectivity index is 2.37. The van der Waals surface area contributed by atoms with Crippen molar-refractivity contribution >= 4 is 11.6 Å². The number of pyridine rings is 1. The first-order chi connectivity index (χ1) is 8.39. The van der Waals surface area contributed by atoms with E-state index in [1.165, 1.54) is 0 Å². The van der Waals surface area contributed by atoms with Gasteiger partial charge in [0.25, 0.3) is 0 Å². The predicted molar refractivity (Wildman–Crippen MR) is 62.5 cm³/mol. The number of rotatable bonds is 1. The Kier molecular flexibility index (Phi) is 3.79. The van der Waals surface area contributed by atoms with Gasteiger partial charge in [-0.3, -0.25) is 4.90 Å². The number of likely N-dealkylation sites (N-methyl/N-ethyl adjacent to an activating group) is 1. The SMILES string of the molecule is CN1CCNCC1c1cc(C(F)(F)F)cnc1Cl. The molecule has 18 heavy (non-hydrogen) atoms. The largest absolute Gasteiger partial charge is 0.417 e. The van der Waals surface area contributed by atoms with E-state index < -0.39 is 11.7 Å². The molecule has 1 aromatic rings. The molecule has 2 rings (SSSR count). The van der Waals surface area contributed by atoms with Crippen molar-refractivity contribution in [3.63, 3.8) is 0 Å². The van der Waals surface area contributed by atoms with Crippen molar-refractivity contribution < 1.29 is 13.2 Å². The highest BCUT2D eigenvalue weighted by Crippen LogP contribution is 2.34. The van der Waals surface area contributed by atoms with Crippen LogP contribution in [0.1, 0.15) is 17.2 Å². The van der Waals surface area contributed by atoms with Crippen LogP contribution in [0.5, 0.6) is 0 Å². The van der Waals surface area contributed by atoms with E-state index in [1.807, 2.05) is 11.9 Å². The van der Waals surface area contributed by atoms with Gasteiger partial charge < -0.3 is 5.32 Å². The number of hydrogen-bond donors (Lipinski definition) is 1. The molecule has 0 spiro atoms. The minimum absolute atomic E-state index is 0.128. The second kappa shape index (κ2) is 5.03. The first kappa shape index (κ1) is 13.6. The second-order valence-corrected chi connectivity index (χ2v) is 4.66. The fraction of sp³-hybridized carbons (Fsp3) is 0.545. The Morgan fingerprint density at radius 1 is 1.50 bits per heavy atom. The van der Waals surface area contributed by atoms with Crippen molar-refractivity contribution in [3.8, 4) is 0 Å². The summed E-state index contributed by atoms with van der Waals surface area (Å²) in [5, 5.41) is 3.27. The van der Waals surface area contributed by atoms with E-state index in [9.17, 15) is 13.2 Å². The Morgan fingerprint density at radius 3 is 2.83 bits per heavy atom.